The van der Waals surface area contributed by atoms with Crippen molar-refractivity contribution in [2.75, 3.05) is 0 Å². The Morgan fingerprint density at radius 2 is 2.24 bits per heavy atom. The predicted octanol–water partition coefficient (Wildman–Crippen LogP) is 2.49. The molecule has 1 aliphatic rings. The summed E-state index contributed by atoms with van der Waals surface area (Å²) in [4.78, 5) is 14.0. The molecule has 6 nitrogen and oxygen atoms in total. The van der Waals surface area contributed by atoms with Crippen molar-refractivity contribution in [2.45, 2.75) is 51.5 Å². The first kappa shape index (κ1) is 14.2. The summed E-state index contributed by atoms with van der Waals surface area (Å²) in [5.41, 5.74) is 0.243. The second-order valence-corrected chi connectivity index (χ2v) is 6.75. The summed E-state index contributed by atoms with van der Waals surface area (Å²) in [6.07, 6.45) is 5.06. The maximum Gasteiger partial charge on any atom is 0.331 e. The van der Waals surface area contributed by atoms with Crippen molar-refractivity contribution in [1.29, 1.82) is 0 Å². The van der Waals surface area contributed by atoms with Crippen LogP contribution < -0.4 is 0 Å². The summed E-state index contributed by atoms with van der Waals surface area (Å²) < 4.78 is 1.45. The Balaban J connectivity index is 2.07. The van der Waals surface area contributed by atoms with Crippen molar-refractivity contribution >= 4 is 17.3 Å². The highest BCUT2D eigenvalue weighted by atomic mass is 32.1. The molecule has 1 N–H and O–H groups in total. The van der Waals surface area contributed by atoms with Gasteiger partial charge in [0.25, 0.3) is 0 Å². The molecule has 0 radical (unpaired) electrons. The number of fused-ring (bicyclic) bond motifs is 1. The number of thiophene rings is 1. The molecule has 2 heterocycles. The van der Waals surface area contributed by atoms with Crippen molar-refractivity contribution in [3.05, 3.63) is 16.5 Å². The van der Waals surface area contributed by atoms with E-state index in [1.54, 1.807) is 18.3 Å². The summed E-state index contributed by atoms with van der Waals surface area (Å²) in [7, 11) is 0. The van der Waals surface area contributed by atoms with Crippen LogP contribution in [0, 0.1) is 0 Å². The lowest BCUT2D eigenvalue weighted by atomic mass is 9.98. The van der Waals surface area contributed by atoms with Crippen molar-refractivity contribution in [3.63, 3.8) is 0 Å². The van der Waals surface area contributed by atoms with Gasteiger partial charge < -0.3 is 5.11 Å². The van der Waals surface area contributed by atoms with E-state index in [9.17, 15) is 9.90 Å². The average molecular weight is 306 g/mol. The van der Waals surface area contributed by atoms with Crippen molar-refractivity contribution in [2.24, 2.45) is 0 Å². The Labute approximate surface area is 126 Å². The van der Waals surface area contributed by atoms with Crippen molar-refractivity contribution in [1.82, 2.24) is 20.2 Å². The van der Waals surface area contributed by atoms with Crippen molar-refractivity contribution < 1.29 is 9.90 Å². The normalized spacial score (nSPS) is 17.2. The molecule has 0 spiro atoms. The number of rotatable bonds is 4. The Kier molecular flexibility index (Phi) is 3.52. The molecule has 0 bridgehead atoms. The van der Waals surface area contributed by atoms with E-state index in [1.165, 1.54) is 28.0 Å². The molecule has 112 valence electrons. The Hall–Kier alpha value is -1.76. The summed E-state index contributed by atoms with van der Waals surface area (Å²) in [5.74, 6) is -0.360. The number of hydrogen-bond donors (Lipinski definition) is 1. The van der Waals surface area contributed by atoms with E-state index in [2.05, 4.69) is 21.6 Å². The van der Waals surface area contributed by atoms with Gasteiger partial charge >= 0.3 is 5.97 Å². The van der Waals surface area contributed by atoms with Gasteiger partial charge in [-0.3, -0.25) is 0 Å². The average Bonchev–Trinajstić information content (AvgIpc) is 3.12. The van der Waals surface area contributed by atoms with Gasteiger partial charge in [-0.15, -0.1) is 16.4 Å². The highest BCUT2D eigenvalue weighted by Crippen LogP contribution is 2.36. The number of carbonyl (C=O) groups is 1. The molecule has 0 fully saturated rings. The summed E-state index contributed by atoms with van der Waals surface area (Å²) >= 11 is 1.69. The first-order valence-electron chi connectivity index (χ1n) is 7.20. The van der Waals surface area contributed by atoms with Crippen LogP contribution in [-0.4, -0.2) is 31.3 Å². The molecule has 0 saturated heterocycles. The fourth-order valence-electron chi connectivity index (χ4n) is 2.67. The number of nitrogens with zero attached hydrogens (tertiary/aromatic N) is 4. The second kappa shape index (κ2) is 5.22. The van der Waals surface area contributed by atoms with E-state index in [-0.39, 0.29) is 0 Å². The quantitative estimate of drug-likeness (QED) is 0.938. The zero-order chi connectivity index (χ0) is 15.0. The maximum atomic E-state index is 11.6. The van der Waals surface area contributed by atoms with Crippen LogP contribution in [0.4, 0.5) is 0 Å². The Morgan fingerprint density at radius 1 is 1.48 bits per heavy atom. The first-order valence-corrected chi connectivity index (χ1v) is 8.02. The lowest BCUT2D eigenvalue weighted by Gasteiger charge is -2.23. The molecule has 0 aromatic carbocycles. The number of aliphatic carboxylic acids is 1. The molecule has 7 heteroatoms. The maximum absolute atomic E-state index is 11.6. The number of tetrazole rings is 1. The SMILES string of the molecule is CCC(C)(C(=O)O)n1nnnc1-c1cc2c(s1)CCCC2. The third kappa shape index (κ3) is 2.25. The molecular weight excluding hydrogens is 288 g/mol. The van der Waals surface area contributed by atoms with E-state index in [4.69, 9.17) is 0 Å². The molecule has 0 aliphatic heterocycles. The molecule has 2 aromatic rings. The van der Waals surface area contributed by atoms with Gasteiger partial charge in [0.1, 0.15) is 0 Å². The van der Waals surface area contributed by atoms with Gasteiger partial charge in [-0.2, -0.15) is 0 Å². The van der Waals surface area contributed by atoms with Gasteiger partial charge in [0, 0.05) is 4.88 Å². The van der Waals surface area contributed by atoms with E-state index in [1.807, 2.05) is 6.92 Å². The lowest BCUT2D eigenvalue weighted by Crippen LogP contribution is -2.39. The molecule has 0 saturated carbocycles. The molecule has 3 rings (SSSR count). The summed E-state index contributed by atoms with van der Waals surface area (Å²) in [5, 5.41) is 21.3. The third-order valence-electron chi connectivity index (χ3n) is 4.30. The third-order valence-corrected chi connectivity index (χ3v) is 5.54. The second-order valence-electron chi connectivity index (χ2n) is 5.61. The van der Waals surface area contributed by atoms with Gasteiger partial charge in [0.05, 0.1) is 4.88 Å². The fourth-order valence-corrected chi connectivity index (χ4v) is 3.89. The van der Waals surface area contributed by atoms with Crippen LogP contribution >= 0.6 is 11.3 Å². The Bertz CT molecular complexity index is 655. The van der Waals surface area contributed by atoms with Crippen molar-refractivity contribution in [3.8, 4) is 10.7 Å². The first-order chi connectivity index (χ1) is 10.1. The number of aromatic nitrogens is 4. The molecule has 0 amide bonds. The fraction of sp³-hybridized carbons (Fsp3) is 0.571. The molecule has 2 aromatic heterocycles. The van der Waals surface area contributed by atoms with Crippen LogP contribution in [0.25, 0.3) is 10.7 Å². The summed E-state index contributed by atoms with van der Waals surface area (Å²) in [6, 6.07) is 2.12. The number of hydrogen-bond acceptors (Lipinski definition) is 5. The largest absolute Gasteiger partial charge is 0.479 e. The van der Waals surface area contributed by atoms with E-state index in [0.29, 0.717) is 12.2 Å². The lowest BCUT2D eigenvalue weighted by molar-refractivity contribution is -0.147. The van der Waals surface area contributed by atoms with Gasteiger partial charge in [-0.25, -0.2) is 9.48 Å². The standard InChI is InChI=1S/C14H18N4O2S/c1-3-14(2,13(19)20)18-12(15-16-17-18)11-8-9-6-4-5-7-10(9)21-11/h8H,3-7H2,1-2H3,(H,19,20). The van der Waals surface area contributed by atoms with Gasteiger partial charge in [0.15, 0.2) is 11.4 Å². The minimum Gasteiger partial charge on any atom is -0.479 e. The smallest absolute Gasteiger partial charge is 0.331 e. The molecule has 1 atom stereocenters. The minimum atomic E-state index is -1.12. The number of aryl methyl sites for hydroxylation is 2. The Morgan fingerprint density at radius 3 is 2.90 bits per heavy atom. The van der Waals surface area contributed by atoms with Gasteiger partial charge in [-0.05, 0) is 61.1 Å². The van der Waals surface area contributed by atoms with E-state index in [0.717, 1.165) is 17.7 Å². The molecule has 21 heavy (non-hydrogen) atoms. The summed E-state index contributed by atoms with van der Waals surface area (Å²) in [6.45, 7) is 3.49. The van der Waals surface area contributed by atoms with Gasteiger partial charge in [-0.1, -0.05) is 6.92 Å². The van der Waals surface area contributed by atoms with Crippen LogP contribution in [-0.2, 0) is 23.2 Å². The monoisotopic (exact) mass is 306 g/mol. The van der Waals surface area contributed by atoms with Crippen LogP contribution in [0.15, 0.2) is 6.07 Å². The highest BCUT2D eigenvalue weighted by molar-refractivity contribution is 7.15. The molecule has 1 aliphatic carbocycles. The van der Waals surface area contributed by atoms with E-state index >= 15 is 0 Å². The zero-order valence-electron chi connectivity index (χ0n) is 12.2. The van der Waals surface area contributed by atoms with Gasteiger partial charge in [0.2, 0.25) is 0 Å². The van der Waals surface area contributed by atoms with Crippen LogP contribution in [0.5, 0.6) is 0 Å². The highest BCUT2D eigenvalue weighted by Gasteiger charge is 2.37. The number of carboxylic acid groups (broad SMARTS) is 1. The topological polar surface area (TPSA) is 80.9 Å². The van der Waals surface area contributed by atoms with Crippen LogP contribution in [0.3, 0.4) is 0 Å². The molecular formula is C14H18N4O2S. The molecule has 1 unspecified atom stereocenters. The zero-order valence-corrected chi connectivity index (χ0v) is 13.0. The minimum absolute atomic E-state index is 0.422. The predicted molar refractivity (Wildman–Crippen MR) is 79.3 cm³/mol. The van der Waals surface area contributed by atoms with E-state index < -0.39 is 11.5 Å². The number of carboxylic acids is 1. The van der Waals surface area contributed by atoms with Crippen LogP contribution in [0.1, 0.15) is 43.6 Å². The van der Waals surface area contributed by atoms with Crippen LogP contribution in [0.2, 0.25) is 0 Å².